The number of carbonyl (C=O) groups excluding carboxylic acids is 1. The Hall–Kier alpha value is -2.67. The smallest absolute Gasteiger partial charge is 0.277 e. The summed E-state index contributed by atoms with van der Waals surface area (Å²) in [7, 11) is 0. The maximum absolute atomic E-state index is 13.7. The van der Waals surface area contributed by atoms with Crippen LogP contribution in [-0.4, -0.2) is 21.9 Å². The van der Waals surface area contributed by atoms with Crippen LogP contribution in [0.3, 0.4) is 0 Å². The van der Waals surface area contributed by atoms with Gasteiger partial charge in [0.05, 0.1) is 11.3 Å². The number of aromatic nitrogens is 2. The minimum Gasteiger partial charge on any atom is -0.411 e. The molecule has 122 valence electrons. The zero-order valence-electron chi connectivity index (χ0n) is 12.8. The average Bonchev–Trinajstić information content (AvgIpc) is 3.04. The van der Waals surface area contributed by atoms with E-state index in [0.29, 0.717) is 0 Å². The van der Waals surface area contributed by atoms with Crippen LogP contribution in [0.1, 0.15) is 5.56 Å². The van der Waals surface area contributed by atoms with E-state index >= 15 is 0 Å². The lowest BCUT2D eigenvalue weighted by atomic mass is 10.2. The van der Waals surface area contributed by atoms with Crippen LogP contribution in [0.25, 0.3) is 11.5 Å². The van der Waals surface area contributed by atoms with Crippen LogP contribution in [-0.2, 0) is 4.79 Å². The molecule has 0 bridgehead atoms. The van der Waals surface area contributed by atoms with E-state index in [1.807, 2.05) is 31.2 Å². The van der Waals surface area contributed by atoms with Crippen molar-refractivity contribution in [1.82, 2.24) is 10.2 Å². The fourth-order valence-electron chi connectivity index (χ4n) is 1.97. The van der Waals surface area contributed by atoms with Crippen LogP contribution in [0.2, 0.25) is 0 Å². The molecule has 0 saturated heterocycles. The number of nitrogens with zero attached hydrogens (tertiary/aromatic N) is 2. The molecule has 0 unspecified atom stereocenters. The molecule has 24 heavy (non-hydrogen) atoms. The second-order valence-electron chi connectivity index (χ2n) is 5.06. The van der Waals surface area contributed by atoms with Gasteiger partial charge in [-0.15, -0.1) is 10.2 Å². The highest BCUT2D eigenvalue weighted by molar-refractivity contribution is 7.99. The van der Waals surface area contributed by atoms with Crippen molar-refractivity contribution in [2.75, 3.05) is 11.1 Å². The molecule has 0 atom stereocenters. The van der Waals surface area contributed by atoms with E-state index in [-0.39, 0.29) is 28.3 Å². The van der Waals surface area contributed by atoms with Crippen molar-refractivity contribution in [1.29, 1.82) is 0 Å². The fourth-order valence-corrected chi connectivity index (χ4v) is 2.54. The summed E-state index contributed by atoms with van der Waals surface area (Å²) in [6.07, 6.45) is 0. The van der Waals surface area contributed by atoms with Crippen LogP contribution in [0, 0.1) is 12.7 Å². The lowest BCUT2D eigenvalue weighted by Gasteiger charge is -2.04. The summed E-state index contributed by atoms with van der Waals surface area (Å²) < 4.78 is 19.1. The molecule has 0 aliphatic heterocycles. The van der Waals surface area contributed by atoms with Gasteiger partial charge in [0, 0.05) is 5.69 Å². The highest BCUT2D eigenvalue weighted by Crippen LogP contribution is 2.25. The van der Waals surface area contributed by atoms with Crippen LogP contribution < -0.4 is 5.32 Å². The largest absolute Gasteiger partial charge is 0.411 e. The molecule has 0 fully saturated rings. The third-order valence-electron chi connectivity index (χ3n) is 3.17. The summed E-state index contributed by atoms with van der Waals surface area (Å²) in [4.78, 5) is 11.9. The first-order valence-corrected chi connectivity index (χ1v) is 8.18. The van der Waals surface area contributed by atoms with Gasteiger partial charge in [0.1, 0.15) is 5.82 Å². The minimum absolute atomic E-state index is 0.0922. The van der Waals surface area contributed by atoms with Crippen LogP contribution >= 0.6 is 11.8 Å². The second kappa shape index (κ2) is 7.27. The first kappa shape index (κ1) is 16.2. The van der Waals surface area contributed by atoms with Gasteiger partial charge in [-0.1, -0.05) is 41.6 Å². The molecule has 0 radical (unpaired) electrons. The Bertz CT molecular complexity index is 849. The number of amides is 1. The maximum Gasteiger partial charge on any atom is 0.277 e. The van der Waals surface area contributed by atoms with Crippen molar-refractivity contribution < 1.29 is 13.6 Å². The third kappa shape index (κ3) is 3.99. The number of halogens is 1. The molecule has 0 aliphatic carbocycles. The lowest BCUT2D eigenvalue weighted by Crippen LogP contribution is -2.13. The molecule has 2 aromatic carbocycles. The number of anilines is 1. The average molecular weight is 343 g/mol. The van der Waals surface area contributed by atoms with Gasteiger partial charge in [0.15, 0.2) is 0 Å². The van der Waals surface area contributed by atoms with Gasteiger partial charge >= 0.3 is 0 Å². The number of hydrogen-bond donors (Lipinski definition) is 1. The van der Waals surface area contributed by atoms with Crippen LogP contribution in [0.4, 0.5) is 10.1 Å². The topological polar surface area (TPSA) is 68.0 Å². The van der Waals surface area contributed by atoms with E-state index in [1.165, 1.54) is 6.07 Å². The van der Waals surface area contributed by atoms with E-state index in [1.54, 1.807) is 18.2 Å². The highest BCUT2D eigenvalue weighted by atomic mass is 32.2. The van der Waals surface area contributed by atoms with Gasteiger partial charge in [-0.2, -0.15) is 0 Å². The predicted molar refractivity (Wildman–Crippen MR) is 90.2 cm³/mol. The number of benzene rings is 2. The Labute approximate surface area is 142 Å². The number of thioether (sulfide) groups is 1. The molecule has 0 spiro atoms. The quantitative estimate of drug-likeness (QED) is 0.711. The molecule has 3 rings (SSSR count). The van der Waals surface area contributed by atoms with Gasteiger partial charge < -0.3 is 9.73 Å². The Morgan fingerprint density at radius 1 is 1.17 bits per heavy atom. The molecule has 7 heteroatoms. The second-order valence-corrected chi connectivity index (χ2v) is 5.98. The summed E-state index contributed by atoms with van der Waals surface area (Å²) in [5.74, 6) is -0.411. The van der Waals surface area contributed by atoms with Gasteiger partial charge in [0.25, 0.3) is 11.1 Å². The number of aryl methyl sites for hydroxylation is 1. The Kier molecular flexibility index (Phi) is 4.90. The van der Waals surface area contributed by atoms with E-state index < -0.39 is 5.82 Å². The van der Waals surface area contributed by atoms with E-state index in [2.05, 4.69) is 15.5 Å². The van der Waals surface area contributed by atoms with Crippen LogP contribution in [0.5, 0.6) is 0 Å². The maximum atomic E-state index is 13.7. The molecule has 1 N–H and O–H groups in total. The Balaban J connectivity index is 1.58. The zero-order valence-corrected chi connectivity index (χ0v) is 13.6. The lowest BCUT2D eigenvalue weighted by molar-refractivity contribution is -0.113. The Morgan fingerprint density at radius 3 is 2.67 bits per heavy atom. The molecular formula is C17H14FN3O2S. The molecular weight excluding hydrogens is 329 g/mol. The summed E-state index contributed by atoms with van der Waals surface area (Å²) in [6.45, 7) is 1.98. The molecule has 3 aromatic rings. The molecule has 0 aliphatic rings. The van der Waals surface area contributed by atoms with Gasteiger partial charge in [-0.25, -0.2) is 4.39 Å². The number of rotatable bonds is 5. The van der Waals surface area contributed by atoms with Crippen molar-refractivity contribution in [2.45, 2.75) is 12.1 Å². The summed E-state index contributed by atoms with van der Waals surface area (Å²) in [6, 6.07) is 13.7. The SMILES string of the molecule is Cc1ccc(NC(=O)CSc2nnc(-c3ccccc3F)o2)cc1. The van der Waals surface area contributed by atoms with E-state index in [9.17, 15) is 9.18 Å². The van der Waals surface area contributed by atoms with Gasteiger partial charge in [0.2, 0.25) is 5.91 Å². The first-order chi connectivity index (χ1) is 11.6. The van der Waals surface area contributed by atoms with E-state index in [0.717, 1.165) is 23.0 Å². The third-order valence-corrected chi connectivity index (χ3v) is 3.99. The highest BCUT2D eigenvalue weighted by Gasteiger charge is 2.14. The van der Waals surface area contributed by atoms with Crippen molar-refractivity contribution in [2.24, 2.45) is 0 Å². The zero-order chi connectivity index (χ0) is 16.9. The summed E-state index contributed by atoms with van der Waals surface area (Å²) in [5.41, 5.74) is 2.08. The first-order valence-electron chi connectivity index (χ1n) is 7.19. The van der Waals surface area contributed by atoms with Crippen molar-refractivity contribution in [3.63, 3.8) is 0 Å². The molecule has 5 nitrogen and oxygen atoms in total. The van der Waals surface area contributed by atoms with Crippen molar-refractivity contribution in [3.05, 3.63) is 59.9 Å². The molecule has 1 amide bonds. The van der Waals surface area contributed by atoms with E-state index in [4.69, 9.17) is 4.42 Å². The standard InChI is InChI=1S/C17H14FN3O2S/c1-11-6-8-12(9-7-11)19-15(22)10-24-17-21-20-16(23-17)13-4-2-3-5-14(13)18/h2-9H,10H2,1H3,(H,19,22). The molecule has 1 aromatic heterocycles. The number of nitrogens with one attached hydrogen (secondary N) is 1. The summed E-state index contributed by atoms with van der Waals surface area (Å²) in [5, 5.41) is 10.6. The Morgan fingerprint density at radius 2 is 1.92 bits per heavy atom. The number of carbonyl (C=O) groups is 1. The fraction of sp³-hybridized carbons (Fsp3) is 0.118. The molecule has 1 heterocycles. The molecule has 0 saturated carbocycles. The monoisotopic (exact) mass is 343 g/mol. The van der Waals surface area contributed by atoms with Crippen molar-refractivity contribution in [3.8, 4) is 11.5 Å². The summed E-state index contributed by atoms with van der Waals surface area (Å²) >= 11 is 1.10. The predicted octanol–water partition coefficient (Wildman–Crippen LogP) is 3.91. The number of hydrogen-bond acceptors (Lipinski definition) is 5. The van der Waals surface area contributed by atoms with Gasteiger partial charge in [-0.3, -0.25) is 4.79 Å². The normalized spacial score (nSPS) is 10.6. The van der Waals surface area contributed by atoms with Gasteiger partial charge in [-0.05, 0) is 31.2 Å². The van der Waals surface area contributed by atoms with Crippen LogP contribution in [0.15, 0.2) is 58.2 Å². The minimum atomic E-state index is -0.435. The van der Waals surface area contributed by atoms with Crippen molar-refractivity contribution >= 4 is 23.4 Å².